The van der Waals surface area contributed by atoms with Gasteiger partial charge in [-0.1, -0.05) is 11.8 Å². The highest BCUT2D eigenvalue weighted by atomic mass is 32.2. The summed E-state index contributed by atoms with van der Waals surface area (Å²) in [5, 5.41) is 8.90. The van der Waals surface area contributed by atoms with Crippen LogP contribution in [0.1, 0.15) is 0 Å². The van der Waals surface area contributed by atoms with E-state index in [1.807, 2.05) is 4.57 Å². The number of nitrogens with zero attached hydrogens (tertiary/aromatic N) is 3. The lowest BCUT2D eigenvalue weighted by atomic mass is 10.4. The van der Waals surface area contributed by atoms with Gasteiger partial charge in [0, 0.05) is 30.1 Å². The molecule has 0 saturated carbocycles. The van der Waals surface area contributed by atoms with Crippen molar-refractivity contribution in [3.05, 3.63) is 36.4 Å². The number of ether oxygens (including phenoxy) is 1. The Balaban J connectivity index is 1.73. The van der Waals surface area contributed by atoms with Gasteiger partial charge in [0.25, 0.3) is 0 Å². The van der Waals surface area contributed by atoms with Crippen LogP contribution in [-0.2, 0) is 11.3 Å². The number of hydrogen-bond acceptors (Lipinski definition) is 5. The first-order valence-corrected chi connectivity index (χ1v) is 8.14. The van der Waals surface area contributed by atoms with Gasteiger partial charge in [-0.25, -0.2) is 4.39 Å². The number of benzene rings is 1. The van der Waals surface area contributed by atoms with Crippen molar-refractivity contribution in [2.75, 3.05) is 25.2 Å². The number of halogens is 1. The molecule has 0 saturated heterocycles. The Morgan fingerprint density at radius 2 is 1.95 bits per heavy atom. The van der Waals surface area contributed by atoms with Gasteiger partial charge in [0.2, 0.25) is 0 Å². The lowest BCUT2D eigenvalue weighted by Gasteiger charge is -2.05. The molecular weight excluding hydrogens is 297 g/mol. The Morgan fingerprint density at radius 3 is 2.70 bits per heavy atom. The molecule has 0 spiro atoms. The fraction of sp³-hybridized carbons (Fsp3) is 0.385. The van der Waals surface area contributed by atoms with Gasteiger partial charge >= 0.3 is 0 Å². The van der Waals surface area contributed by atoms with E-state index in [0.29, 0.717) is 6.61 Å². The minimum Gasteiger partial charge on any atom is -0.383 e. The first-order valence-electron chi connectivity index (χ1n) is 6.17. The molecule has 1 heterocycles. The second-order valence-electron chi connectivity index (χ2n) is 3.95. The maximum atomic E-state index is 12.8. The third kappa shape index (κ3) is 4.81. The molecule has 2 rings (SSSR count). The third-order valence-corrected chi connectivity index (χ3v) is 4.77. The zero-order valence-corrected chi connectivity index (χ0v) is 12.8. The zero-order chi connectivity index (χ0) is 14.2. The van der Waals surface area contributed by atoms with Crippen LogP contribution in [0.4, 0.5) is 4.39 Å². The highest BCUT2D eigenvalue weighted by Gasteiger charge is 2.04. The monoisotopic (exact) mass is 313 g/mol. The molecule has 1 aromatic heterocycles. The standard InChI is InChI=1S/C13H16FN3OS2/c1-18-7-6-17-10-15-16-13(17)20-9-8-19-12-4-2-11(14)3-5-12/h2-5,10H,6-9H2,1H3. The van der Waals surface area contributed by atoms with Gasteiger partial charge in [-0.3, -0.25) is 0 Å². The number of thioether (sulfide) groups is 2. The van der Waals surface area contributed by atoms with E-state index in [2.05, 4.69) is 10.2 Å². The summed E-state index contributed by atoms with van der Waals surface area (Å²) in [6, 6.07) is 6.56. The lowest BCUT2D eigenvalue weighted by molar-refractivity contribution is 0.184. The fourth-order valence-corrected chi connectivity index (χ4v) is 3.35. The van der Waals surface area contributed by atoms with E-state index in [1.165, 1.54) is 12.1 Å². The number of methoxy groups -OCH3 is 1. The lowest BCUT2D eigenvalue weighted by Crippen LogP contribution is -2.04. The van der Waals surface area contributed by atoms with Crippen LogP contribution in [0.3, 0.4) is 0 Å². The maximum absolute atomic E-state index is 12.8. The average molecular weight is 313 g/mol. The molecule has 0 fully saturated rings. The third-order valence-electron chi connectivity index (χ3n) is 2.51. The van der Waals surface area contributed by atoms with E-state index < -0.39 is 0 Å². The number of hydrogen-bond donors (Lipinski definition) is 0. The number of aromatic nitrogens is 3. The number of rotatable bonds is 8. The highest BCUT2D eigenvalue weighted by molar-refractivity contribution is 8.02. The summed E-state index contributed by atoms with van der Waals surface area (Å²) in [6.07, 6.45) is 1.72. The molecule has 0 aliphatic rings. The van der Waals surface area contributed by atoms with Gasteiger partial charge in [0.05, 0.1) is 6.61 Å². The molecule has 1 aromatic carbocycles. The Morgan fingerprint density at radius 1 is 1.20 bits per heavy atom. The summed E-state index contributed by atoms with van der Waals surface area (Å²) in [5.41, 5.74) is 0. The summed E-state index contributed by atoms with van der Waals surface area (Å²) in [6.45, 7) is 1.41. The molecule has 0 radical (unpaired) electrons. The van der Waals surface area contributed by atoms with Gasteiger partial charge in [0.1, 0.15) is 12.1 Å². The van der Waals surface area contributed by atoms with Crippen LogP contribution < -0.4 is 0 Å². The van der Waals surface area contributed by atoms with Crippen LogP contribution in [0.5, 0.6) is 0 Å². The molecule has 0 atom stereocenters. The smallest absolute Gasteiger partial charge is 0.191 e. The minimum absolute atomic E-state index is 0.199. The molecule has 0 aliphatic heterocycles. The Kier molecular flexibility index (Phi) is 6.35. The highest BCUT2D eigenvalue weighted by Crippen LogP contribution is 2.22. The van der Waals surface area contributed by atoms with Gasteiger partial charge in [0.15, 0.2) is 5.16 Å². The van der Waals surface area contributed by atoms with Crippen LogP contribution in [0.15, 0.2) is 40.6 Å². The predicted octanol–water partition coefficient (Wildman–Crippen LogP) is 2.95. The molecule has 4 nitrogen and oxygen atoms in total. The van der Waals surface area contributed by atoms with Crippen LogP contribution in [0.25, 0.3) is 0 Å². The molecule has 7 heteroatoms. The first kappa shape index (κ1) is 15.3. The van der Waals surface area contributed by atoms with Crippen LogP contribution in [-0.4, -0.2) is 40.0 Å². The minimum atomic E-state index is -0.199. The van der Waals surface area contributed by atoms with Gasteiger partial charge in [-0.2, -0.15) is 0 Å². The van der Waals surface area contributed by atoms with Crippen molar-refractivity contribution in [2.24, 2.45) is 0 Å². The second-order valence-corrected chi connectivity index (χ2v) is 6.18. The van der Waals surface area contributed by atoms with Gasteiger partial charge < -0.3 is 9.30 Å². The molecule has 0 N–H and O–H groups in total. The Hall–Kier alpha value is -1.05. The SMILES string of the molecule is COCCn1cnnc1SCCSc1ccc(F)cc1. The predicted molar refractivity (Wildman–Crippen MR) is 79.7 cm³/mol. The van der Waals surface area contributed by atoms with Crippen molar-refractivity contribution in [1.82, 2.24) is 14.8 Å². The summed E-state index contributed by atoms with van der Waals surface area (Å²) >= 11 is 3.37. The Labute approximate surface area is 126 Å². The van der Waals surface area contributed by atoms with Crippen LogP contribution in [0.2, 0.25) is 0 Å². The molecule has 20 heavy (non-hydrogen) atoms. The molecule has 2 aromatic rings. The summed E-state index contributed by atoms with van der Waals surface area (Å²) < 4.78 is 19.8. The van der Waals surface area contributed by atoms with Gasteiger partial charge in [-0.15, -0.1) is 22.0 Å². The first-order chi connectivity index (χ1) is 9.79. The molecule has 0 amide bonds. The van der Waals surface area contributed by atoms with Gasteiger partial charge in [-0.05, 0) is 24.3 Å². The van der Waals surface area contributed by atoms with E-state index in [9.17, 15) is 4.39 Å². The van der Waals surface area contributed by atoms with Crippen molar-refractivity contribution < 1.29 is 9.13 Å². The van der Waals surface area contributed by atoms with Crippen LogP contribution >= 0.6 is 23.5 Å². The Bertz CT molecular complexity index is 519. The van der Waals surface area contributed by atoms with Crippen molar-refractivity contribution in [3.63, 3.8) is 0 Å². The van der Waals surface area contributed by atoms with Crippen molar-refractivity contribution in [1.29, 1.82) is 0 Å². The fourth-order valence-electron chi connectivity index (χ4n) is 1.52. The quantitative estimate of drug-likeness (QED) is 0.553. The summed E-state index contributed by atoms with van der Waals surface area (Å²) in [7, 11) is 1.68. The maximum Gasteiger partial charge on any atom is 0.191 e. The van der Waals surface area contributed by atoms with E-state index in [-0.39, 0.29) is 5.82 Å². The molecule has 0 unspecified atom stereocenters. The van der Waals surface area contributed by atoms with E-state index in [0.717, 1.165) is 28.1 Å². The average Bonchev–Trinajstić information content (AvgIpc) is 2.91. The second kappa shape index (κ2) is 8.28. The van der Waals surface area contributed by atoms with E-state index >= 15 is 0 Å². The molecular formula is C13H16FN3OS2. The molecule has 0 bridgehead atoms. The van der Waals surface area contributed by atoms with Crippen LogP contribution in [0, 0.1) is 5.82 Å². The molecule has 108 valence electrons. The molecule has 0 aliphatic carbocycles. The van der Waals surface area contributed by atoms with Crippen molar-refractivity contribution in [2.45, 2.75) is 16.6 Å². The van der Waals surface area contributed by atoms with Crippen molar-refractivity contribution >= 4 is 23.5 Å². The van der Waals surface area contributed by atoms with E-state index in [4.69, 9.17) is 4.74 Å². The summed E-state index contributed by atoms with van der Waals surface area (Å²) in [5.74, 6) is 1.66. The normalized spacial score (nSPS) is 10.9. The van der Waals surface area contributed by atoms with Crippen molar-refractivity contribution in [3.8, 4) is 0 Å². The summed E-state index contributed by atoms with van der Waals surface area (Å²) in [4.78, 5) is 1.08. The zero-order valence-electron chi connectivity index (χ0n) is 11.2. The topological polar surface area (TPSA) is 39.9 Å². The van der Waals surface area contributed by atoms with E-state index in [1.54, 1.807) is 49.1 Å². The largest absolute Gasteiger partial charge is 0.383 e.